The highest BCUT2D eigenvalue weighted by molar-refractivity contribution is 7.86. The summed E-state index contributed by atoms with van der Waals surface area (Å²) in [5.41, 5.74) is 0.0309. The summed E-state index contributed by atoms with van der Waals surface area (Å²) in [7, 11) is -9.25. The Bertz CT molecular complexity index is 1190. The fourth-order valence-corrected chi connectivity index (χ4v) is 5.09. The molecule has 2 aromatic rings. The lowest BCUT2D eigenvalue weighted by Crippen LogP contribution is -2.28. The molecule has 0 aromatic heterocycles. The van der Waals surface area contributed by atoms with Gasteiger partial charge in [-0.3, -0.25) is 18.7 Å². The van der Waals surface area contributed by atoms with Crippen molar-refractivity contribution in [3.8, 4) is 11.1 Å². The Morgan fingerprint density at radius 2 is 1.06 bits per heavy atom. The lowest BCUT2D eigenvalue weighted by atomic mass is 9.71. The number of carbonyl (C=O) groups is 2. The Morgan fingerprint density at radius 3 is 1.35 bits per heavy atom. The van der Waals surface area contributed by atoms with Gasteiger partial charge in [-0.2, -0.15) is 16.8 Å². The summed E-state index contributed by atoms with van der Waals surface area (Å²) in [6, 6.07) is 7.32. The Morgan fingerprint density at radius 1 is 0.710 bits per heavy atom. The molecule has 0 fully saturated rings. The monoisotopic (exact) mass is 470 g/mol. The third-order valence-corrected chi connectivity index (χ3v) is 7.13. The van der Waals surface area contributed by atoms with Crippen LogP contribution in [0, 0.1) is 0 Å². The zero-order valence-electron chi connectivity index (χ0n) is 15.8. The summed E-state index contributed by atoms with van der Waals surface area (Å²) in [4.78, 5) is 21.7. The number of carboxylic acids is 2. The molecule has 2 aromatic carbocycles. The van der Waals surface area contributed by atoms with Crippen LogP contribution < -0.4 is 0 Å². The Labute approximate surface area is 177 Å². The molecule has 0 spiro atoms. The van der Waals surface area contributed by atoms with Crippen molar-refractivity contribution in [3.05, 3.63) is 47.5 Å². The number of benzene rings is 2. The smallest absolute Gasteiger partial charge is 0.303 e. The highest BCUT2D eigenvalue weighted by atomic mass is 32.2. The Hall–Kier alpha value is -2.80. The van der Waals surface area contributed by atoms with Gasteiger partial charge in [-0.1, -0.05) is 12.1 Å². The van der Waals surface area contributed by atoms with Gasteiger partial charge in [0.05, 0.1) is 9.79 Å². The van der Waals surface area contributed by atoms with E-state index in [-0.39, 0.29) is 24.0 Å². The van der Waals surface area contributed by atoms with Gasteiger partial charge >= 0.3 is 11.9 Å². The Balaban J connectivity index is 2.37. The van der Waals surface area contributed by atoms with E-state index >= 15 is 0 Å². The molecule has 0 bridgehead atoms. The molecular formula is C19H18O10S2. The molecule has 1 aliphatic carbocycles. The molecule has 0 radical (unpaired) electrons. The van der Waals surface area contributed by atoms with E-state index in [4.69, 9.17) is 0 Å². The normalized spacial score (nSPS) is 14.6. The molecule has 0 heterocycles. The summed E-state index contributed by atoms with van der Waals surface area (Å²) in [6.45, 7) is 0. The lowest BCUT2D eigenvalue weighted by Gasteiger charge is -2.32. The molecule has 166 valence electrons. The number of carboxylic acid groups (broad SMARTS) is 2. The average molecular weight is 470 g/mol. The van der Waals surface area contributed by atoms with E-state index in [0.717, 1.165) is 24.3 Å². The van der Waals surface area contributed by atoms with E-state index in [9.17, 15) is 45.7 Å². The lowest BCUT2D eigenvalue weighted by molar-refractivity contribution is -0.137. The van der Waals surface area contributed by atoms with Crippen LogP contribution in [-0.2, 0) is 35.2 Å². The van der Waals surface area contributed by atoms with Crippen molar-refractivity contribution in [1.29, 1.82) is 0 Å². The number of aliphatic carboxylic acids is 2. The van der Waals surface area contributed by atoms with Gasteiger partial charge in [0.2, 0.25) is 0 Å². The van der Waals surface area contributed by atoms with E-state index in [1.807, 2.05) is 0 Å². The van der Waals surface area contributed by atoms with Crippen LogP contribution in [0.5, 0.6) is 0 Å². The minimum absolute atomic E-state index is 0.167. The maximum absolute atomic E-state index is 11.7. The van der Waals surface area contributed by atoms with Crippen LogP contribution in [0.15, 0.2) is 46.2 Å². The van der Waals surface area contributed by atoms with Crippen LogP contribution in [0.25, 0.3) is 11.1 Å². The van der Waals surface area contributed by atoms with Crippen LogP contribution >= 0.6 is 0 Å². The minimum atomic E-state index is -4.62. The van der Waals surface area contributed by atoms with E-state index in [2.05, 4.69) is 0 Å². The first-order valence-corrected chi connectivity index (χ1v) is 11.8. The molecule has 3 rings (SSSR count). The fraction of sp³-hybridized carbons (Fsp3) is 0.263. The third-order valence-electron chi connectivity index (χ3n) is 5.43. The van der Waals surface area contributed by atoms with Crippen LogP contribution in [-0.4, -0.2) is 48.1 Å². The first kappa shape index (κ1) is 22.9. The van der Waals surface area contributed by atoms with Crippen molar-refractivity contribution < 1.29 is 45.7 Å². The average Bonchev–Trinajstić information content (AvgIpc) is 2.92. The van der Waals surface area contributed by atoms with Crippen molar-refractivity contribution in [2.45, 2.75) is 40.9 Å². The maximum Gasteiger partial charge on any atom is 0.303 e. The van der Waals surface area contributed by atoms with Crippen molar-refractivity contribution in [2.24, 2.45) is 0 Å². The predicted molar refractivity (Wildman–Crippen MR) is 106 cm³/mol. The summed E-state index contributed by atoms with van der Waals surface area (Å²) in [6.07, 6.45) is -1.19. The van der Waals surface area contributed by atoms with Crippen LogP contribution in [0.2, 0.25) is 0 Å². The second-order valence-electron chi connectivity index (χ2n) is 7.23. The van der Waals surface area contributed by atoms with Crippen molar-refractivity contribution >= 4 is 32.2 Å². The molecule has 0 saturated carbocycles. The van der Waals surface area contributed by atoms with E-state index < -0.39 is 60.2 Å². The molecule has 0 saturated heterocycles. The SMILES string of the molecule is O=C(O)CCC1(CCC(=O)O)c2cc(S(=O)(=O)O)ccc2-c2ccc(S(=O)(=O)O)cc21. The van der Waals surface area contributed by atoms with Crippen molar-refractivity contribution in [3.63, 3.8) is 0 Å². The summed E-state index contributed by atoms with van der Waals surface area (Å²) < 4.78 is 65.7. The number of hydrogen-bond donors (Lipinski definition) is 4. The zero-order valence-corrected chi connectivity index (χ0v) is 17.5. The topological polar surface area (TPSA) is 183 Å². The molecule has 12 heteroatoms. The van der Waals surface area contributed by atoms with Gasteiger partial charge in [-0.15, -0.1) is 0 Å². The largest absolute Gasteiger partial charge is 0.481 e. The minimum Gasteiger partial charge on any atom is -0.481 e. The quantitative estimate of drug-likeness (QED) is 0.417. The molecule has 31 heavy (non-hydrogen) atoms. The summed E-state index contributed by atoms with van der Waals surface area (Å²) in [5.74, 6) is -2.39. The number of fused-ring (bicyclic) bond motifs is 3. The molecule has 4 N–H and O–H groups in total. The standard InChI is InChI=1S/C19H18O10S2/c20-17(21)5-7-19(8-6-18(22)23)15-9-11(30(24,25)26)1-3-13(15)14-4-2-12(10-16(14)19)31(27,28)29/h1-4,9-10H,5-8H2,(H,20,21)(H,22,23)(H,24,25,26)(H,27,28,29). The number of hydrogen-bond acceptors (Lipinski definition) is 6. The second kappa shape index (κ2) is 7.71. The van der Waals surface area contributed by atoms with Crippen molar-refractivity contribution in [2.75, 3.05) is 0 Å². The van der Waals surface area contributed by atoms with Gasteiger partial charge in [-0.25, -0.2) is 0 Å². The molecule has 0 amide bonds. The van der Waals surface area contributed by atoms with E-state index in [0.29, 0.717) is 11.1 Å². The number of rotatable bonds is 8. The van der Waals surface area contributed by atoms with Gasteiger partial charge in [0.1, 0.15) is 0 Å². The van der Waals surface area contributed by atoms with Crippen LogP contribution in [0.1, 0.15) is 36.8 Å². The van der Waals surface area contributed by atoms with Gasteiger partial charge in [0.25, 0.3) is 20.2 Å². The van der Waals surface area contributed by atoms with E-state index in [1.165, 1.54) is 12.1 Å². The molecule has 1 aliphatic rings. The predicted octanol–water partition coefficient (Wildman–Crippen LogP) is 2.18. The van der Waals surface area contributed by atoms with Gasteiger partial charge in [0, 0.05) is 18.3 Å². The van der Waals surface area contributed by atoms with E-state index in [1.54, 1.807) is 0 Å². The van der Waals surface area contributed by atoms with Gasteiger partial charge in [0.15, 0.2) is 0 Å². The third kappa shape index (κ3) is 4.32. The second-order valence-corrected chi connectivity index (χ2v) is 10.1. The highest BCUT2D eigenvalue weighted by Gasteiger charge is 2.44. The Kier molecular flexibility index (Phi) is 5.69. The van der Waals surface area contributed by atoms with Gasteiger partial charge in [-0.05, 0) is 59.4 Å². The molecular weight excluding hydrogens is 452 g/mol. The van der Waals surface area contributed by atoms with Gasteiger partial charge < -0.3 is 10.2 Å². The first-order valence-electron chi connectivity index (χ1n) is 8.94. The summed E-state index contributed by atoms with van der Waals surface area (Å²) in [5, 5.41) is 18.5. The highest BCUT2D eigenvalue weighted by Crippen LogP contribution is 2.54. The van der Waals surface area contributed by atoms with Crippen LogP contribution in [0.4, 0.5) is 0 Å². The summed E-state index contributed by atoms with van der Waals surface area (Å²) >= 11 is 0. The maximum atomic E-state index is 11.7. The molecule has 0 atom stereocenters. The molecule has 0 unspecified atom stereocenters. The molecule has 0 aliphatic heterocycles. The zero-order chi connectivity index (χ0) is 23.2. The molecule has 10 nitrogen and oxygen atoms in total. The first-order chi connectivity index (χ1) is 14.3. The van der Waals surface area contributed by atoms with Crippen molar-refractivity contribution in [1.82, 2.24) is 0 Å². The fourth-order valence-electron chi connectivity index (χ4n) is 4.08. The van der Waals surface area contributed by atoms with Crippen LogP contribution in [0.3, 0.4) is 0 Å².